The highest BCUT2D eigenvalue weighted by Gasteiger charge is 2.26. The Hall–Kier alpha value is -3.51. The van der Waals surface area contributed by atoms with E-state index in [0.717, 1.165) is 32.4 Å². The second-order valence-corrected chi connectivity index (χ2v) is 9.78. The molecule has 0 radical (unpaired) electrons. The molecule has 0 aliphatic carbocycles. The highest BCUT2D eigenvalue weighted by Crippen LogP contribution is 2.23. The quantitative estimate of drug-likeness (QED) is 0.120. The minimum Gasteiger partial charge on any atom is -0.480 e. The number of hydrogen-bond donors (Lipinski definition) is 6. The third kappa shape index (κ3) is 19.8. The van der Waals surface area contributed by atoms with E-state index in [9.17, 15) is 39.3 Å². The minimum absolute atomic E-state index is 0.0567. The average molecular weight is 659 g/mol. The molecule has 0 aromatic heterocycles. The molecule has 1 aromatic rings. The van der Waals surface area contributed by atoms with Crippen LogP contribution in [-0.4, -0.2) is 186 Å². The first-order valence-corrected chi connectivity index (χ1v) is 15.0. The van der Waals surface area contributed by atoms with E-state index in [1.165, 1.54) is 0 Å². The van der Waals surface area contributed by atoms with Crippen LogP contribution >= 0.6 is 0 Å². The van der Waals surface area contributed by atoms with Crippen molar-refractivity contribution in [3.05, 3.63) is 29.8 Å². The van der Waals surface area contributed by atoms with Crippen LogP contribution in [0.5, 0.6) is 0 Å². The second-order valence-electron chi connectivity index (χ2n) is 9.78. The van der Waals surface area contributed by atoms with Crippen molar-refractivity contribution in [2.75, 3.05) is 112 Å². The maximum Gasteiger partial charge on any atom is 0.317 e. The van der Waals surface area contributed by atoms with Crippen LogP contribution in [0.3, 0.4) is 0 Å². The molecule has 1 aliphatic rings. The van der Waals surface area contributed by atoms with Gasteiger partial charge in [-0.05, 0) is 17.7 Å². The number of rotatable bonds is 11. The second kappa shape index (κ2) is 27.8. The van der Waals surface area contributed by atoms with Crippen molar-refractivity contribution in [3.8, 4) is 0 Å². The monoisotopic (exact) mass is 658 g/mol. The van der Waals surface area contributed by atoms with Crippen molar-refractivity contribution >= 4 is 36.2 Å². The summed E-state index contributed by atoms with van der Waals surface area (Å²) in [5, 5.41) is 42.5. The fraction of sp³-hybridized carbons (Fsp3) is 0.633. The standard InChI is InChI=1S/C26H40N6O8.C2H6.2CH4O/c27-22-3-1-21(2-4-22)23-17-31(20-26(39)40)10-9-30(19-25(37)38)8-7-29(18-24(35)36)6-5-28(13-15-33)11-12-32(23)14-16-34;3*1-2/h1-4,15-16,23H,5-14,17-20,27H2,(H,35,36)(H,37,38)(H,39,40);1-2H3;2*2H,1H3. The molecule has 0 bridgehead atoms. The summed E-state index contributed by atoms with van der Waals surface area (Å²) in [7, 11) is 2.00. The maximum atomic E-state index is 11.8. The predicted molar refractivity (Wildman–Crippen MR) is 174 cm³/mol. The average Bonchev–Trinajstić information content (AvgIpc) is 3.04. The Bertz CT molecular complexity index is 985. The number of anilines is 1. The number of carbonyl (C=O) groups is 5. The van der Waals surface area contributed by atoms with Crippen molar-refractivity contribution < 1.29 is 49.5 Å². The molecule has 0 saturated carbocycles. The lowest BCUT2D eigenvalue weighted by Crippen LogP contribution is -2.46. The molecule has 16 nitrogen and oxygen atoms in total. The number of carbonyl (C=O) groups excluding carboxylic acids is 2. The maximum absolute atomic E-state index is 11.8. The zero-order chi connectivity index (χ0) is 35.5. The first-order valence-electron chi connectivity index (χ1n) is 15.0. The summed E-state index contributed by atoms with van der Waals surface area (Å²) in [6.45, 7) is 6.07. The zero-order valence-electron chi connectivity index (χ0n) is 27.5. The Balaban J connectivity index is 0. The van der Waals surface area contributed by atoms with Gasteiger partial charge >= 0.3 is 17.9 Å². The molecule has 1 heterocycles. The van der Waals surface area contributed by atoms with E-state index in [1.807, 2.05) is 35.8 Å². The molecular formula is C30H54N6O10. The molecule has 1 saturated heterocycles. The number of nitrogens with zero attached hydrogens (tertiary/aromatic N) is 5. The van der Waals surface area contributed by atoms with E-state index in [4.69, 9.17) is 15.9 Å². The van der Waals surface area contributed by atoms with Gasteiger partial charge in [-0.15, -0.1) is 0 Å². The van der Waals surface area contributed by atoms with E-state index < -0.39 is 23.9 Å². The first kappa shape index (κ1) is 44.6. The molecule has 1 fully saturated rings. The summed E-state index contributed by atoms with van der Waals surface area (Å²) in [5.74, 6) is -3.13. The van der Waals surface area contributed by atoms with E-state index in [-0.39, 0.29) is 65.4 Å². The van der Waals surface area contributed by atoms with Crippen molar-refractivity contribution in [3.63, 3.8) is 0 Å². The van der Waals surface area contributed by atoms with Crippen molar-refractivity contribution in [1.29, 1.82) is 0 Å². The number of nitrogen functional groups attached to an aromatic ring is 1. The molecule has 1 atom stereocenters. The van der Waals surface area contributed by atoms with Crippen molar-refractivity contribution in [1.82, 2.24) is 24.5 Å². The number of aldehydes is 2. The van der Waals surface area contributed by atoms with Gasteiger partial charge in [-0.25, -0.2) is 0 Å². The number of carboxylic acids is 3. The molecule has 16 heteroatoms. The number of carboxylic acid groups (broad SMARTS) is 3. The van der Waals surface area contributed by atoms with Gasteiger partial charge in [0, 0.05) is 84.9 Å². The first-order chi connectivity index (χ1) is 22.1. The Kier molecular flexibility index (Phi) is 26.9. The van der Waals surface area contributed by atoms with Gasteiger partial charge in [0.25, 0.3) is 0 Å². The molecule has 0 spiro atoms. The molecule has 0 amide bonds. The Labute approximate surface area is 271 Å². The Morgan fingerprint density at radius 3 is 1.43 bits per heavy atom. The summed E-state index contributed by atoms with van der Waals surface area (Å²) in [5.41, 5.74) is 7.27. The van der Waals surface area contributed by atoms with Gasteiger partial charge in [0.15, 0.2) is 0 Å². The Morgan fingerprint density at radius 2 is 1.02 bits per heavy atom. The summed E-state index contributed by atoms with van der Waals surface area (Å²) in [6.07, 6.45) is 1.54. The van der Waals surface area contributed by atoms with Gasteiger partial charge in [0.05, 0.1) is 32.7 Å². The number of aliphatic hydroxyl groups is 2. The van der Waals surface area contributed by atoms with Crippen LogP contribution < -0.4 is 5.73 Å². The number of hydrogen-bond acceptors (Lipinski definition) is 13. The molecule has 2 rings (SSSR count). The fourth-order valence-corrected chi connectivity index (χ4v) is 4.73. The molecule has 7 N–H and O–H groups in total. The summed E-state index contributed by atoms with van der Waals surface area (Å²) in [6, 6.07) is 6.72. The predicted octanol–water partition coefficient (Wildman–Crippen LogP) is -1.27. The normalized spacial score (nSPS) is 18.0. The van der Waals surface area contributed by atoms with Crippen LogP contribution in [0.15, 0.2) is 24.3 Å². The number of aliphatic carboxylic acids is 3. The van der Waals surface area contributed by atoms with Crippen molar-refractivity contribution in [2.24, 2.45) is 0 Å². The Morgan fingerprint density at radius 1 is 0.652 bits per heavy atom. The summed E-state index contributed by atoms with van der Waals surface area (Å²) in [4.78, 5) is 66.7. The van der Waals surface area contributed by atoms with Crippen LogP contribution in [0.25, 0.3) is 0 Å². The topological polar surface area (TPSA) is 229 Å². The number of aliphatic hydroxyl groups excluding tert-OH is 2. The summed E-state index contributed by atoms with van der Waals surface area (Å²) >= 11 is 0. The SMILES string of the molecule is CC.CO.CO.Nc1ccc(C2CN(CC(=O)O)CCN(CC(=O)O)CCN(CC(=O)O)CCN(CC=O)CCN2CC=O)cc1. The van der Waals surface area contributed by atoms with Crippen LogP contribution in [0.4, 0.5) is 5.69 Å². The zero-order valence-corrected chi connectivity index (χ0v) is 27.5. The van der Waals surface area contributed by atoms with Gasteiger partial charge in [-0.2, -0.15) is 0 Å². The minimum atomic E-state index is -1.05. The molecule has 1 aromatic carbocycles. The lowest BCUT2D eigenvalue weighted by Gasteiger charge is -2.36. The third-order valence-electron chi connectivity index (χ3n) is 6.81. The van der Waals surface area contributed by atoms with Gasteiger partial charge in [0.1, 0.15) is 12.6 Å². The van der Waals surface area contributed by atoms with Gasteiger partial charge in [-0.3, -0.25) is 38.9 Å². The molecular weight excluding hydrogens is 604 g/mol. The van der Waals surface area contributed by atoms with E-state index >= 15 is 0 Å². The van der Waals surface area contributed by atoms with Gasteiger partial charge in [-0.1, -0.05) is 26.0 Å². The molecule has 1 aliphatic heterocycles. The van der Waals surface area contributed by atoms with Crippen LogP contribution in [0.1, 0.15) is 25.5 Å². The smallest absolute Gasteiger partial charge is 0.317 e. The fourth-order valence-electron chi connectivity index (χ4n) is 4.73. The van der Waals surface area contributed by atoms with E-state index in [0.29, 0.717) is 31.9 Å². The van der Waals surface area contributed by atoms with Crippen LogP contribution in [0, 0.1) is 0 Å². The number of benzene rings is 1. The molecule has 264 valence electrons. The van der Waals surface area contributed by atoms with E-state index in [2.05, 4.69) is 0 Å². The highest BCUT2D eigenvalue weighted by molar-refractivity contribution is 5.70. The van der Waals surface area contributed by atoms with Crippen LogP contribution in [0.2, 0.25) is 0 Å². The highest BCUT2D eigenvalue weighted by atomic mass is 16.4. The van der Waals surface area contributed by atoms with Crippen LogP contribution in [-0.2, 0) is 24.0 Å². The lowest BCUT2D eigenvalue weighted by atomic mass is 10.0. The summed E-state index contributed by atoms with van der Waals surface area (Å²) < 4.78 is 0. The largest absolute Gasteiger partial charge is 0.480 e. The molecule has 1 unspecified atom stereocenters. The molecule has 46 heavy (non-hydrogen) atoms. The van der Waals surface area contributed by atoms with Gasteiger partial charge in [0.2, 0.25) is 0 Å². The van der Waals surface area contributed by atoms with E-state index in [1.54, 1.807) is 26.8 Å². The lowest BCUT2D eigenvalue weighted by molar-refractivity contribution is -0.140. The number of nitrogens with two attached hydrogens (primary N) is 1. The third-order valence-corrected chi connectivity index (χ3v) is 6.81. The van der Waals surface area contributed by atoms with Gasteiger partial charge < -0.3 is 40.9 Å². The van der Waals surface area contributed by atoms with Crippen molar-refractivity contribution in [2.45, 2.75) is 19.9 Å².